The van der Waals surface area contributed by atoms with Gasteiger partial charge in [0.2, 0.25) is 0 Å². The summed E-state index contributed by atoms with van der Waals surface area (Å²) in [6.45, 7) is 3.89. The van der Waals surface area contributed by atoms with Gasteiger partial charge in [0.1, 0.15) is 0 Å². The fraction of sp³-hybridized carbons (Fsp3) is 0.786. The van der Waals surface area contributed by atoms with E-state index in [1.54, 1.807) is 6.92 Å². The first-order valence-corrected chi connectivity index (χ1v) is 6.58. The van der Waals surface area contributed by atoms with Crippen molar-refractivity contribution in [2.24, 2.45) is 0 Å². The van der Waals surface area contributed by atoms with Crippen LogP contribution in [0.3, 0.4) is 0 Å². The first-order chi connectivity index (χ1) is 7.68. The van der Waals surface area contributed by atoms with Crippen molar-refractivity contribution < 1.29 is 14.6 Å². The average Bonchev–Trinajstić information content (AvgIpc) is 2.26. The highest BCUT2D eigenvalue weighted by molar-refractivity contribution is 5.85. The van der Waals surface area contributed by atoms with Crippen LogP contribution in [0.1, 0.15) is 71.6 Å². The molecule has 0 atom stereocenters. The van der Waals surface area contributed by atoms with Crippen LogP contribution < -0.4 is 0 Å². The van der Waals surface area contributed by atoms with Gasteiger partial charge in [-0.25, -0.2) is 4.79 Å². The lowest BCUT2D eigenvalue weighted by Crippen LogP contribution is -1.95. The molecule has 0 fully saturated rings. The van der Waals surface area contributed by atoms with Gasteiger partial charge in [-0.15, -0.1) is 0 Å². The lowest BCUT2D eigenvalue weighted by Gasteiger charge is -2.00. The molecule has 0 aromatic heterocycles. The number of carbonyl (C=O) groups is 1. The molecule has 3 heteroatoms. The predicted octanol–water partition coefficient (Wildman–Crippen LogP) is 4.70. The molecule has 0 spiro atoms. The molecule has 0 aliphatic heterocycles. The lowest BCUT2D eigenvalue weighted by atomic mass is 10.1. The van der Waals surface area contributed by atoms with Crippen LogP contribution in [0.25, 0.3) is 0 Å². The van der Waals surface area contributed by atoms with Gasteiger partial charge in [0.25, 0.3) is 0 Å². The van der Waals surface area contributed by atoms with Crippen LogP contribution in [0, 0.1) is 0 Å². The summed E-state index contributed by atoms with van der Waals surface area (Å²) in [6.07, 6.45) is 13.1. The van der Waals surface area contributed by atoms with Crippen LogP contribution in [0.2, 0.25) is 0 Å². The molecule has 0 radical (unpaired) electrons. The van der Waals surface area contributed by atoms with Gasteiger partial charge in [0.15, 0.2) is 0 Å². The average molecular weight is 246 g/mol. The summed E-state index contributed by atoms with van der Waals surface area (Å²) in [5, 5.41) is 8.64. The second kappa shape index (κ2) is 13.2. The summed E-state index contributed by atoms with van der Waals surface area (Å²) in [4.78, 5) is 10.5. The molecule has 0 rings (SSSR count). The molecule has 0 saturated heterocycles. The minimum atomic E-state index is -0.792. The summed E-state index contributed by atoms with van der Waals surface area (Å²) in [7, 11) is 0. The van der Waals surface area contributed by atoms with Gasteiger partial charge in [-0.05, 0) is 19.8 Å². The van der Waals surface area contributed by atoms with Crippen LogP contribution in [0.4, 0.5) is 4.70 Å². The van der Waals surface area contributed by atoms with Crippen molar-refractivity contribution in [1.29, 1.82) is 0 Å². The highest BCUT2D eigenvalue weighted by Gasteiger charge is 1.97. The molecular weight excluding hydrogens is 219 g/mol. The molecule has 0 saturated carbocycles. The van der Waals surface area contributed by atoms with Crippen molar-refractivity contribution in [3.8, 4) is 0 Å². The maximum atomic E-state index is 10.5. The first kappa shape index (κ1) is 18.5. The van der Waals surface area contributed by atoms with Crippen LogP contribution in [-0.4, -0.2) is 11.1 Å². The minimum absolute atomic E-state index is 0. The number of hydrogen-bond acceptors (Lipinski definition) is 1. The van der Waals surface area contributed by atoms with E-state index in [1.807, 2.05) is 6.08 Å². The summed E-state index contributed by atoms with van der Waals surface area (Å²) in [5.41, 5.74) is 0.475. The number of hydrogen-bond donors (Lipinski definition) is 1. The van der Waals surface area contributed by atoms with Crippen molar-refractivity contribution >= 4 is 5.97 Å². The number of rotatable bonds is 10. The molecular formula is C14H27FO2. The highest BCUT2D eigenvalue weighted by atomic mass is 19.0. The Labute approximate surface area is 104 Å². The van der Waals surface area contributed by atoms with E-state index >= 15 is 0 Å². The van der Waals surface area contributed by atoms with Crippen LogP contribution in [0.5, 0.6) is 0 Å². The second-order valence-electron chi connectivity index (χ2n) is 4.46. The molecule has 17 heavy (non-hydrogen) atoms. The van der Waals surface area contributed by atoms with E-state index < -0.39 is 5.97 Å². The van der Waals surface area contributed by atoms with Gasteiger partial charge in [0.05, 0.1) is 0 Å². The molecule has 0 heterocycles. The van der Waals surface area contributed by atoms with Crippen LogP contribution >= 0.6 is 0 Å². The van der Waals surface area contributed by atoms with Gasteiger partial charge < -0.3 is 5.11 Å². The Hall–Kier alpha value is -0.860. The summed E-state index contributed by atoms with van der Waals surface area (Å²) in [6, 6.07) is 0. The van der Waals surface area contributed by atoms with Crippen molar-refractivity contribution in [2.75, 3.05) is 0 Å². The number of aliphatic carboxylic acids is 1. The maximum Gasteiger partial charge on any atom is 0.330 e. The molecule has 1 N–H and O–H groups in total. The molecule has 0 bridgehead atoms. The third-order valence-electron chi connectivity index (χ3n) is 2.85. The Bertz CT molecular complexity index is 212. The first-order valence-electron chi connectivity index (χ1n) is 6.58. The second-order valence-corrected chi connectivity index (χ2v) is 4.46. The van der Waals surface area contributed by atoms with E-state index in [1.165, 1.54) is 44.9 Å². The topological polar surface area (TPSA) is 37.3 Å². The van der Waals surface area contributed by atoms with Crippen molar-refractivity contribution in [3.05, 3.63) is 11.6 Å². The Kier molecular flexibility index (Phi) is 14.4. The van der Waals surface area contributed by atoms with Gasteiger partial charge in [0, 0.05) is 5.57 Å². The number of halogens is 1. The SMILES string of the molecule is CCCCCCCCCCC=C(C)C(=O)O.F. The fourth-order valence-electron chi connectivity index (χ4n) is 1.68. The largest absolute Gasteiger partial charge is 0.478 e. The Balaban J connectivity index is 0. The minimum Gasteiger partial charge on any atom is -0.478 e. The molecule has 0 aliphatic rings. The van der Waals surface area contributed by atoms with E-state index in [-0.39, 0.29) is 4.70 Å². The number of carboxylic acid groups (broad SMARTS) is 1. The van der Waals surface area contributed by atoms with Gasteiger partial charge in [-0.3, -0.25) is 4.70 Å². The standard InChI is InChI=1S/C14H26O2.FH/c1-3-4-5-6-7-8-9-10-11-12-13(2)14(15)16;/h12H,3-11H2,1-2H3,(H,15,16);1H. The van der Waals surface area contributed by atoms with Gasteiger partial charge in [-0.2, -0.15) is 0 Å². The number of allylic oxidation sites excluding steroid dienone is 1. The zero-order valence-corrected chi connectivity index (χ0v) is 11.2. The van der Waals surface area contributed by atoms with Crippen LogP contribution in [-0.2, 0) is 4.79 Å². The smallest absolute Gasteiger partial charge is 0.330 e. The maximum absolute atomic E-state index is 10.5. The molecule has 0 aromatic rings. The zero-order valence-electron chi connectivity index (χ0n) is 11.2. The Morgan fingerprint density at radius 1 is 1.00 bits per heavy atom. The van der Waals surface area contributed by atoms with E-state index in [2.05, 4.69) is 6.92 Å². The van der Waals surface area contributed by atoms with Crippen molar-refractivity contribution in [1.82, 2.24) is 0 Å². The molecule has 0 aromatic carbocycles. The molecule has 2 nitrogen and oxygen atoms in total. The monoisotopic (exact) mass is 246 g/mol. The zero-order chi connectivity index (χ0) is 12.2. The lowest BCUT2D eigenvalue weighted by molar-refractivity contribution is -0.132. The third kappa shape index (κ3) is 13.1. The fourth-order valence-corrected chi connectivity index (χ4v) is 1.68. The van der Waals surface area contributed by atoms with Crippen LogP contribution in [0.15, 0.2) is 11.6 Å². The number of unbranched alkanes of at least 4 members (excludes halogenated alkanes) is 8. The predicted molar refractivity (Wildman–Crippen MR) is 71.1 cm³/mol. The van der Waals surface area contributed by atoms with E-state index in [9.17, 15) is 4.79 Å². The summed E-state index contributed by atoms with van der Waals surface area (Å²) < 4.78 is 0. The highest BCUT2D eigenvalue weighted by Crippen LogP contribution is 2.10. The third-order valence-corrected chi connectivity index (χ3v) is 2.85. The van der Waals surface area contributed by atoms with E-state index in [0.717, 1.165) is 12.8 Å². The Morgan fingerprint density at radius 2 is 1.47 bits per heavy atom. The normalized spacial score (nSPS) is 11.1. The van der Waals surface area contributed by atoms with Crippen molar-refractivity contribution in [2.45, 2.75) is 71.6 Å². The Morgan fingerprint density at radius 3 is 1.94 bits per heavy atom. The molecule has 102 valence electrons. The summed E-state index contributed by atoms with van der Waals surface area (Å²) >= 11 is 0. The van der Waals surface area contributed by atoms with Crippen molar-refractivity contribution in [3.63, 3.8) is 0 Å². The van der Waals surface area contributed by atoms with E-state index in [0.29, 0.717) is 5.57 Å². The number of carboxylic acids is 1. The van der Waals surface area contributed by atoms with Gasteiger partial charge in [-0.1, -0.05) is 57.9 Å². The molecule has 0 unspecified atom stereocenters. The molecule has 0 amide bonds. The van der Waals surface area contributed by atoms with Gasteiger partial charge >= 0.3 is 5.97 Å². The summed E-state index contributed by atoms with van der Waals surface area (Å²) in [5.74, 6) is -0.792. The van der Waals surface area contributed by atoms with E-state index in [4.69, 9.17) is 5.11 Å². The quantitative estimate of drug-likeness (QED) is 0.448. The molecule has 0 aliphatic carbocycles.